The Morgan fingerprint density at radius 1 is 0.357 bits per heavy atom. The van der Waals surface area contributed by atoms with Crippen molar-refractivity contribution in [3.63, 3.8) is 0 Å². The molecule has 0 spiro atoms. The number of hydrogen-bond donors (Lipinski definition) is 0. The van der Waals surface area contributed by atoms with Crippen LogP contribution in [0.5, 0.6) is 0 Å². The number of benzene rings is 7. The molecule has 0 saturated heterocycles. The Kier molecular flexibility index (Phi) is 29.7. The zero-order chi connectivity index (χ0) is 64.9. The van der Waals surface area contributed by atoms with Gasteiger partial charge >= 0.3 is 0 Å². The van der Waals surface area contributed by atoms with Crippen LogP contribution in [0.25, 0.3) is 0 Å². The fourth-order valence-electron chi connectivity index (χ4n) is 9.82. The van der Waals surface area contributed by atoms with Crippen LogP contribution in [-0.4, -0.2) is 0 Å². The Labute approximate surface area is 521 Å². The molecule has 0 saturated carbocycles. The van der Waals surface area contributed by atoms with E-state index in [-0.39, 0.29) is 49.1 Å². The summed E-state index contributed by atoms with van der Waals surface area (Å²) in [5.41, 5.74) is 17.0. The zero-order valence-electron chi connectivity index (χ0n) is 58.2. The lowest BCUT2D eigenvalue weighted by Gasteiger charge is -2.29. The molecule has 0 bridgehead atoms. The molecule has 0 aliphatic heterocycles. The second-order valence-corrected chi connectivity index (χ2v) is 31.1. The van der Waals surface area contributed by atoms with E-state index in [1.807, 2.05) is 75.4 Å². The quantitative estimate of drug-likeness (QED) is 0.169. The van der Waals surface area contributed by atoms with Gasteiger partial charge < -0.3 is 0 Å². The highest BCUT2D eigenvalue weighted by Crippen LogP contribution is 2.35. The minimum absolute atomic E-state index is 0.0618. The molecule has 0 amide bonds. The summed E-state index contributed by atoms with van der Waals surface area (Å²) in [6.45, 7) is 61.7. The van der Waals surface area contributed by atoms with Crippen LogP contribution in [0.3, 0.4) is 0 Å². The van der Waals surface area contributed by atoms with Crippen LogP contribution in [0.15, 0.2) is 170 Å². The van der Waals surface area contributed by atoms with Gasteiger partial charge in [0.15, 0.2) is 0 Å². The van der Waals surface area contributed by atoms with Crippen LogP contribution < -0.4 is 0 Å². The molecule has 7 rings (SSSR count). The predicted molar refractivity (Wildman–Crippen MR) is 373 cm³/mol. The highest BCUT2D eigenvalue weighted by atomic mass is 35.5. The van der Waals surface area contributed by atoms with Gasteiger partial charge in [-0.05, 0) is 142 Å². The molecule has 0 aliphatic carbocycles. The second-order valence-electron chi connectivity index (χ2n) is 30.7. The molecule has 0 aliphatic rings. The lowest BCUT2D eigenvalue weighted by Crippen LogP contribution is -2.21. The molecule has 0 fully saturated rings. The summed E-state index contributed by atoms with van der Waals surface area (Å²) in [5, 5.41) is 9.69. The largest absolute Gasteiger partial charge is 0.207 e. The molecule has 0 heterocycles. The maximum atomic E-state index is 13.1. The Hall–Kier alpha value is -5.75. The van der Waals surface area contributed by atoms with Crippen molar-refractivity contribution in [1.82, 2.24) is 0 Å². The molecule has 84 heavy (non-hydrogen) atoms. The van der Waals surface area contributed by atoms with Gasteiger partial charge in [-0.2, -0.15) is 5.26 Å². The van der Waals surface area contributed by atoms with Crippen molar-refractivity contribution in [2.24, 2.45) is 0 Å². The predicted octanol–water partition coefficient (Wildman–Crippen LogP) is 24.8. The van der Waals surface area contributed by atoms with E-state index in [2.05, 4.69) is 282 Å². The van der Waals surface area contributed by atoms with Crippen LogP contribution in [0.4, 0.5) is 4.39 Å². The molecular weight excluding hydrogens is 1040 g/mol. The van der Waals surface area contributed by atoms with Crippen molar-refractivity contribution in [2.45, 2.75) is 250 Å². The molecule has 0 unspecified atom stereocenters. The number of hydrogen-bond acceptors (Lipinski definition) is 1. The lowest BCUT2D eigenvalue weighted by molar-refractivity contribution is 0.523. The molecule has 0 atom stereocenters. The fraction of sp³-hybridized carbons (Fsp3) is 0.469. The molecule has 0 radical (unpaired) electrons. The standard InChI is InChI=1S/C14H22.C13H20.C12H18.C11H13N.C11H16.C10H13Cl.C10H13F/c1-13(2,3)11-9-7-8-10-12(11)14(4,5)6;1-10(2)11-8-6-7-9-12(11)13(3,4)5;1-5-10-8-6-7-9-11(10)12(2,3)4;1-11(2,3)10-7-5-4-6-9(10)8-12;1-9-7-5-6-8-10(9)11(2,3)4;2*1-10(2,3)8-6-4-5-7-9(8)11/h7-10H,1-6H3;6-10H,1-5H3;6-9H,5H2,1-4H3;4-7H,1-3H3;5-8H,1-4H3;2*4-7H,1-3H3. The van der Waals surface area contributed by atoms with Crippen LogP contribution in [0.1, 0.15) is 260 Å². The maximum absolute atomic E-state index is 13.1. The Balaban J connectivity index is 0.000000491. The van der Waals surface area contributed by atoms with Gasteiger partial charge in [0.05, 0.1) is 11.6 Å². The molecule has 3 heteroatoms. The molecule has 0 N–H and O–H groups in total. The average Bonchev–Trinajstić information content (AvgIpc) is 3.56. The summed E-state index contributed by atoms with van der Waals surface area (Å²) in [5.74, 6) is 0.510. The Morgan fingerprint density at radius 2 is 0.655 bits per heavy atom. The van der Waals surface area contributed by atoms with Crippen LogP contribution in [0, 0.1) is 24.1 Å². The smallest absolute Gasteiger partial charge is 0.126 e. The van der Waals surface area contributed by atoms with Gasteiger partial charge in [0.2, 0.25) is 0 Å². The third kappa shape index (κ3) is 26.7. The number of halogens is 2. The van der Waals surface area contributed by atoms with Crippen molar-refractivity contribution >= 4 is 11.6 Å². The first-order valence-corrected chi connectivity index (χ1v) is 31.0. The highest BCUT2D eigenvalue weighted by Gasteiger charge is 2.25. The lowest BCUT2D eigenvalue weighted by atomic mass is 9.75. The van der Waals surface area contributed by atoms with Gasteiger partial charge in [0.1, 0.15) is 5.82 Å². The Morgan fingerprint density at radius 3 is 0.940 bits per heavy atom. The first-order valence-electron chi connectivity index (χ1n) is 30.6. The summed E-state index contributed by atoms with van der Waals surface area (Å²) >= 11 is 6.01. The third-order valence-electron chi connectivity index (χ3n) is 14.3. The van der Waals surface area contributed by atoms with E-state index in [0.29, 0.717) is 5.92 Å². The van der Waals surface area contributed by atoms with Gasteiger partial charge in [-0.1, -0.05) is 350 Å². The molecule has 0 aromatic heterocycles. The number of aryl methyl sites for hydroxylation is 2. The summed E-state index contributed by atoms with van der Waals surface area (Å²) < 4.78 is 13.1. The zero-order valence-corrected chi connectivity index (χ0v) is 58.9. The first-order chi connectivity index (χ1) is 38.3. The SMILES string of the molecule is CC(C)(C)c1ccccc1C#N.CC(C)(C)c1ccccc1C(C)(C)C.CC(C)(C)c1ccccc1Cl.CC(C)(C)c1ccccc1F.CC(C)c1ccccc1C(C)(C)C.CCc1ccccc1C(C)(C)C.Cc1ccccc1C(C)(C)C. The fourth-order valence-corrected chi connectivity index (χ4v) is 10.2. The molecular formula is C81H115ClFN. The molecule has 458 valence electrons. The molecule has 1 nitrogen and oxygen atoms in total. The van der Waals surface area contributed by atoms with E-state index < -0.39 is 0 Å². The third-order valence-corrected chi connectivity index (χ3v) is 14.6. The van der Waals surface area contributed by atoms with Gasteiger partial charge in [-0.3, -0.25) is 0 Å². The Bertz CT molecular complexity index is 2900. The van der Waals surface area contributed by atoms with Gasteiger partial charge in [0.25, 0.3) is 0 Å². The molecule has 7 aromatic rings. The van der Waals surface area contributed by atoms with E-state index in [1.165, 1.54) is 56.1 Å². The van der Waals surface area contributed by atoms with E-state index in [1.54, 1.807) is 6.07 Å². The van der Waals surface area contributed by atoms with Crippen molar-refractivity contribution in [1.29, 1.82) is 5.26 Å². The van der Waals surface area contributed by atoms with E-state index in [0.717, 1.165) is 28.1 Å². The number of nitrogens with zero attached hydrogens (tertiary/aromatic N) is 1. The van der Waals surface area contributed by atoms with Crippen LogP contribution >= 0.6 is 11.6 Å². The topological polar surface area (TPSA) is 23.8 Å². The monoisotopic (exact) mass is 1160 g/mol. The van der Waals surface area contributed by atoms with E-state index in [9.17, 15) is 4.39 Å². The number of rotatable bonds is 2. The van der Waals surface area contributed by atoms with Crippen LogP contribution in [0.2, 0.25) is 5.02 Å². The summed E-state index contributed by atoms with van der Waals surface area (Å²) in [7, 11) is 0. The summed E-state index contributed by atoms with van der Waals surface area (Å²) in [6, 6.07) is 59.6. The van der Waals surface area contributed by atoms with Crippen molar-refractivity contribution in [3.8, 4) is 6.07 Å². The first kappa shape index (κ1) is 76.3. The van der Waals surface area contributed by atoms with E-state index >= 15 is 0 Å². The maximum Gasteiger partial charge on any atom is 0.126 e. The number of nitriles is 1. The average molecular weight is 1160 g/mol. The van der Waals surface area contributed by atoms with Crippen molar-refractivity contribution < 1.29 is 4.39 Å². The summed E-state index contributed by atoms with van der Waals surface area (Å²) in [6.07, 6.45) is 1.13. The van der Waals surface area contributed by atoms with Gasteiger partial charge in [-0.15, -0.1) is 0 Å². The van der Waals surface area contributed by atoms with Gasteiger partial charge in [0, 0.05) is 5.02 Å². The van der Waals surface area contributed by atoms with Crippen molar-refractivity contribution in [2.75, 3.05) is 0 Å². The second kappa shape index (κ2) is 32.7. The van der Waals surface area contributed by atoms with E-state index in [4.69, 9.17) is 16.9 Å². The summed E-state index contributed by atoms with van der Waals surface area (Å²) in [4.78, 5) is 0. The highest BCUT2D eigenvalue weighted by molar-refractivity contribution is 6.31. The molecule has 7 aromatic carbocycles. The van der Waals surface area contributed by atoms with Crippen LogP contribution in [-0.2, 0) is 49.7 Å². The minimum atomic E-state index is -0.111. The normalized spacial score (nSPS) is 11.8. The van der Waals surface area contributed by atoms with Crippen molar-refractivity contribution in [3.05, 3.63) is 247 Å². The minimum Gasteiger partial charge on any atom is -0.207 e. The van der Waals surface area contributed by atoms with Gasteiger partial charge in [-0.25, -0.2) is 4.39 Å².